The number of non-ortho nitro benzene ring substituents is 1. The summed E-state index contributed by atoms with van der Waals surface area (Å²) in [6.07, 6.45) is 4.69. The molecule has 0 bridgehead atoms. The summed E-state index contributed by atoms with van der Waals surface area (Å²) in [5.41, 5.74) is 1.90. The lowest BCUT2D eigenvalue weighted by Gasteiger charge is -2.35. The van der Waals surface area contributed by atoms with E-state index in [4.69, 9.17) is 0 Å². The summed E-state index contributed by atoms with van der Waals surface area (Å²) in [6.45, 7) is 0.768. The number of hydrogen-bond acceptors (Lipinski definition) is 3. The van der Waals surface area contributed by atoms with Gasteiger partial charge in [0, 0.05) is 30.8 Å². The first-order valence-electron chi connectivity index (χ1n) is 6.73. The molecule has 0 unspecified atom stereocenters. The van der Waals surface area contributed by atoms with Gasteiger partial charge in [0.2, 0.25) is 5.91 Å². The molecule has 100 valence electrons. The van der Waals surface area contributed by atoms with E-state index in [9.17, 15) is 14.9 Å². The standard InChI is InChI=1S/C14H16N2O3/c17-14-7-4-11-8-12(16(18)19)5-6-13(11)15(14)9-10-2-1-3-10/h5-6,8,10H,1-4,7,9H2. The Hall–Kier alpha value is -1.91. The maximum atomic E-state index is 12.0. The predicted molar refractivity (Wildman–Crippen MR) is 71.1 cm³/mol. The molecule has 0 saturated heterocycles. The van der Waals surface area contributed by atoms with Crippen molar-refractivity contribution < 1.29 is 9.72 Å². The minimum Gasteiger partial charge on any atom is -0.312 e. The van der Waals surface area contributed by atoms with E-state index in [1.165, 1.54) is 25.3 Å². The molecule has 1 aromatic carbocycles. The molecule has 1 heterocycles. The molecule has 0 radical (unpaired) electrons. The van der Waals surface area contributed by atoms with Gasteiger partial charge >= 0.3 is 0 Å². The van der Waals surface area contributed by atoms with Crippen LogP contribution in [0.25, 0.3) is 0 Å². The van der Waals surface area contributed by atoms with Crippen molar-refractivity contribution in [1.82, 2.24) is 0 Å². The summed E-state index contributed by atoms with van der Waals surface area (Å²) < 4.78 is 0. The Balaban J connectivity index is 1.90. The molecule has 5 heteroatoms. The number of benzene rings is 1. The number of fused-ring (bicyclic) bond motifs is 1. The van der Waals surface area contributed by atoms with Crippen molar-refractivity contribution in [2.45, 2.75) is 32.1 Å². The Morgan fingerprint density at radius 2 is 2.11 bits per heavy atom. The highest BCUT2D eigenvalue weighted by Gasteiger charge is 2.29. The number of rotatable bonds is 3. The number of carbonyl (C=O) groups is 1. The molecular formula is C14H16N2O3. The zero-order valence-corrected chi connectivity index (χ0v) is 10.7. The third-order valence-electron chi connectivity index (χ3n) is 4.14. The van der Waals surface area contributed by atoms with E-state index < -0.39 is 0 Å². The van der Waals surface area contributed by atoms with Crippen LogP contribution in [-0.4, -0.2) is 17.4 Å². The van der Waals surface area contributed by atoms with Gasteiger partial charge in [0.25, 0.3) is 5.69 Å². The van der Waals surface area contributed by atoms with Crippen LogP contribution in [0, 0.1) is 16.0 Å². The normalized spacial score (nSPS) is 18.9. The van der Waals surface area contributed by atoms with Crippen molar-refractivity contribution in [3.05, 3.63) is 33.9 Å². The maximum absolute atomic E-state index is 12.0. The highest BCUT2D eigenvalue weighted by atomic mass is 16.6. The molecular weight excluding hydrogens is 244 g/mol. The first-order valence-corrected chi connectivity index (χ1v) is 6.73. The fourth-order valence-corrected chi connectivity index (χ4v) is 2.79. The van der Waals surface area contributed by atoms with Crippen molar-refractivity contribution in [2.75, 3.05) is 11.4 Å². The van der Waals surface area contributed by atoms with Gasteiger partial charge in [-0.3, -0.25) is 14.9 Å². The molecule has 0 N–H and O–H groups in total. The largest absolute Gasteiger partial charge is 0.312 e. The van der Waals surface area contributed by atoms with Crippen molar-refractivity contribution in [2.24, 2.45) is 5.92 Å². The molecule has 19 heavy (non-hydrogen) atoms. The van der Waals surface area contributed by atoms with E-state index in [0.29, 0.717) is 18.8 Å². The van der Waals surface area contributed by atoms with Gasteiger partial charge in [0.05, 0.1) is 4.92 Å². The van der Waals surface area contributed by atoms with Crippen LogP contribution in [0.2, 0.25) is 0 Å². The van der Waals surface area contributed by atoms with E-state index >= 15 is 0 Å². The van der Waals surface area contributed by atoms with Crippen molar-refractivity contribution >= 4 is 17.3 Å². The minimum atomic E-state index is -0.382. The second-order valence-electron chi connectivity index (χ2n) is 5.37. The van der Waals surface area contributed by atoms with Crippen molar-refractivity contribution in [1.29, 1.82) is 0 Å². The number of nitrogens with zero attached hydrogens (tertiary/aromatic N) is 2. The molecule has 1 saturated carbocycles. The van der Waals surface area contributed by atoms with Crippen LogP contribution >= 0.6 is 0 Å². The Bertz CT molecular complexity index is 537. The Morgan fingerprint density at radius 1 is 1.32 bits per heavy atom. The number of anilines is 1. The lowest BCUT2D eigenvalue weighted by molar-refractivity contribution is -0.384. The zero-order chi connectivity index (χ0) is 13.4. The average Bonchev–Trinajstić information content (AvgIpc) is 2.34. The molecule has 2 aliphatic rings. The first-order chi connectivity index (χ1) is 9.15. The average molecular weight is 260 g/mol. The van der Waals surface area contributed by atoms with Gasteiger partial charge in [-0.05, 0) is 36.8 Å². The third kappa shape index (κ3) is 2.20. The third-order valence-corrected chi connectivity index (χ3v) is 4.14. The monoisotopic (exact) mass is 260 g/mol. The number of amides is 1. The summed E-state index contributed by atoms with van der Waals surface area (Å²) in [4.78, 5) is 24.3. The van der Waals surface area contributed by atoms with Crippen LogP contribution in [0.4, 0.5) is 11.4 Å². The molecule has 3 rings (SSSR count). The van der Waals surface area contributed by atoms with E-state index in [0.717, 1.165) is 17.8 Å². The van der Waals surface area contributed by atoms with Gasteiger partial charge < -0.3 is 4.90 Å². The number of nitro groups is 1. The Labute approximate surface area is 111 Å². The highest BCUT2D eigenvalue weighted by molar-refractivity contribution is 5.96. The van der Waals surface area contributed by atoms with Gasteiger partial charge in [-0.15, -0.1) is 0 Å². The highest BCUT2D eigenvalue weighted by Crippen LogP contribution is 2.34. The smallest absolute Gasteiger partial charge is 0.269 e. The van der Waals surface area contributed by atoms with Gasteiger partial charge in [-0.1, -0.05) is 6.42 Å². The quantitative estimate of drug-likeness (QED) is 0.620. The van der Waals surface area contributed by atoms with Crippen molar-refractivity contribution in [3.63, 3.8) is 0 Å². The summed E-state index contributed by atoms with van der Waals surface area (Å²) in [6, 6.07) is 4.82. The van der Waals surface area contributed by atoms with Gasteiger partial charge in [0.1, 0.15) is 0 Å². The van der Waals surface area contributed by atoms with E-state index in [2.05, 4.69) is 0 Å². The minimum absolute atomic E-state index is 0.108. The lowest BCUT2D eigenvalue weighted by Crippen LogP contribution is -2.40. The number of hydrogen-bond donors (Lipinski definition) is 0. The van der Waals surface area contributed by atoms with Gasteiger partial charge in [0.15, 0.2) is 0 Å². The van der Waals surface area contributed by atoms with Crippen molar-refractivity contribution in [3.8, 4) is 0 Å². The first kappa shape index (κ1) is 12.1. The molecule has 1 aromatic rings. The topological polar surface area (TPSA) is 63.4 Å². The summed E-state index contributed by atoms with van der Waals surface area (Å²) in [5.74, 6) is 0.748. The molecule has 5 nitrogen and oxygen atoms in total. The predicted octanol–water partition coefficient (Wildman–Crippen LogP) is 2.67. The number of aryl methyl sites for hydroxylation is 1. The molecule has 1 fully saturated rings. The fourth-order valence-electron chi connectivity index (χ4n) is 2.79. The van der Waals surface area contributed by atoms with Crippen LogP contribution in [0.3, 0.4) is 0 Å². The Kier molecular flexibility index (Phi) is 2.97. The van der Waals surface area contributed by atoms with Gasteiger partial charge in [-0.25, -0.2) is 0 Å². The molecule has 1 aliphatic heterocycles. The van der Waals surface area contributed by atoms with Crippen LogP contribution in [-0.2, 0) is 11.2 Å². The fraction of sp³-hybridized carbons (Fsp3) is 0.500. The summed E-state index contributed by atoms with van der Waals surface area (Å²) in [7, 11) is 0. The number of carbonyl (C=O) groups excluding carboxylic acids is 1. The number of nitro benzene ring substituents is 1. The molecule has 1 aliphatic carbocycles. The zero-order valence-electron chi connectivity index (χ0n) is 10.7. The van der Waals surface area contributed by atoms with E-state index in [1.807, 2.05) is 4.90 Å². The molecule has 0 aromatic heterocycles. The van der Waals surface area contributed by atoms with E-state index in [-0.39, 0.29) is 16.5 Å². The van der Waals surface area contributed by atoms with Crippen LogP contribution < -0.4 is 4.90 Å². The summed E-state index contributed by atoms with van der Waals surface area (Å²) in [5, 5.41) is 10.8. The molecule has 0 atom stereocenters. The maximum Gasteiger partial charge on any atom is 0.269 e. The molecule has 1 amide bonds. The molecule has 0 spiro atoms. The summed E-state index contributed by atoms with van der Waals surface area (Å²) >= 11 is 0. The van der Waals surface area contributed by atoms with Crippen LogP contribution in [0.5, 0.6) is 0 Å². The second-order valence-corrected chi connectivity index (χ2v) is 5.37. The van der Waals surface area contributed by atoms with Crippen LogP contribution in [0.15, 0.2) is 18.2 Å². The second kappa shape index (κ2) is 4.64. The SMILES string of the molecule is O=C1CCc2cc([N+](=O)[O-])ccc2N1CC1CCC1. The lowest BCUT2D eigenvalue weighted by atomic mass is 9.84. The van der Waals surface area contributed by atoms with Gasteiger partial charge in [-0.2, -0.15) is 0 Å². The van der Waals surface area contributed by atoms with E-state index in [1.54, 1.807) is 12.1 Å². The van der Waals surface area contributed by atoms with Crippen LogP contribution in [0.1, 0.15) is 31.2 Å². The Morgan fingerprint density at radius 3 is 2.74 bits per heavy atom.